The highest BCUT2D eigenvalue weighted by atomic mass is 16.5. The van der Waals surface area contributed by atoms with Crippen molar-refractivity contribution < 1.29 is 77.9 Å². The van der Waals surface area contributed by atoms with Gasteiger partial charge in [0, 0.05) is 19.8 Å². The minimum atomic E-state index is -0.940. The first kappa shape index (κ1) is 64.1. The van der Waals surface area contributed by atoms with Crippen LogP contribution in [0.5, 0.6) is 5.75 Å². The highest BCUT2D eigenvalue weighted by molar-refractivity contribution is 5.69. The molecule has 0 saturated carbocycles. The number of ether oxygens (including phenoxy) is 6. The molecular weight excluding hydrogens is 941 g/mol. The number of carboxylic acids is 5. The Morgan fingerprint density at radius 2 is 0.671 bits per heavy atom. The second-order valence-corrected chi connectivity index (χ2v) is 16.0. The number of methoxy groups -OCH3 is 1. The van der Waals surface area contributed by atoms with E-state index in [4.69, 9.17) is 54.0 Å². The van der Waals surface area contributed by atoms with E-state index in [1.165, 1.54) is 22.3 Å². The van der Waals surface area contributed by atoms with Crippen LogP contribution in [0.1, 0.15) is 65.5 Å². The summed E-state index contributed by atoms with van der Waals surface area (Å²) in [6.45, 7) is 3.45. The van der Waals surface area contributed by atoms with Gasteiger partial charge in [-0.2, -0.15) is 0 Å². The largest absolute Gasteiger partial charge is 0.497 e. The van der Waals surface area contributed by atoms with Crippen LogP contribution in [-0.2, 0) is 79.8 Å². The third-order valence-electron chi connectivity index (χ3n) is 9.89. The smallest absolute Gasteiger partial charge is 0.329 e. The standard InChI is InChI=1S/C13H18O3.C12H16O3.C11H14O4.C11H14O3.C10H12O3/c14-13(15)11-16-10-6-2-5-9-12-7-3-1-4-8-12;1-10-5-2-3-6-11(10)7-4-8-15-9-12(13)14;1-14-10-4-2-9(3-5-10)6-7-15-8-11(12)13;12-11(13)9-14-8-4-7-10-5-2-1-3-6-10;11-10(12)8-13-7-6-9-4-2-1-3-5-9/h1,3-4,7-8H,2,5-6,9-11H2,(H,14,15);2-3,5-6H,4,7-9H2,1H3,(H,13,14);2-5H,6-8H2,1H3,(H,12,13);1-3,5-6H,4,7-9H2,(H,12,13);1-5H,6-8H2,(H,11,12). The summed E-state index contributed by atoms with van der Waals surface area (Å²) in [7, 11) is 1.62. The fraction of sp³-hybridized carbons (Fsp3) is 0.386. The lowest BCUT2D eigenvalue weighted by atomic mass is 10.0. The lowest BCUT2D eigenvalue weighted by Crippen LogP contribution is -2.08. The molecule has 0 aliphatic carbocycles. The predicted molar refractivity (Wildman–Crippen MR) is 277 cm³/mol. The van der Waals surface area contributed by atoms with Crippen molar-refractivity contribution in [2.24, 2.45) is 0 Å². The summed E-state index contributed by atoms with van der Waals surface area (Å²) >= 11 is 0. The molecule has 5 N–H and O–H groups in total. The van der Waals surface area contributed by atoms with Crippen molar-refractivity contribution >= 4 is 29.8 Å². The first-order valence-corrected chi connectivity index (χ1v) is 24.1. The van der Waals surface area contributed by atoms with E-state index >= 15 is 0 Å². The van der Waals surface area contributed by atoms with Crippen LogP contribution in [0.25, 0.3) is 0 Å². The summed E-state index contributed by atoms with van der Waals surface area (Å²) < 4.78 is 29.7. The number of aryl methyl sites for hydroxylation is 4. The molecule has 0 aromatic heterocycles. The highest BCUT2D eigenvalue weighted by Crippen LogP contribution is 2.12. The van der Waals surface area contributed by atoms with Crippen molar-refractivity contribution in [1.82, 2.24) is 0 Å². The fourth-order valence-corrected chi connectivity index (χ4v) is 6.25. The van der Waals surface area contributed by atoms with Crippen molar-refractivity contribution in [1.29, 1.82) is 0 Å². The van der Waals surface area contributed by atoms with Gasteiger partial charge < -0.3 is 54.0 Å². The molecule has 0 heterocycles. The van der Waals surface area contributed by atoms with Crippen LogP contribution >= 0.6 is 0 Å². The maximum Gasteiger partial charge on any atom is 0.329 e. The van der Waals surface area contributed by atoms with Gasteiger partial charge in [0.05, 0.1) is 20.3 Å². The van der Waals surface area contributed by atoms with Crippen LogP contribution in [0.3, 0.4) is 0 Å². The van der Waals surface area contributed by atoms with Gasteiger partial charge in [-0.05, 0) is 110 Å². The summed E-state index contributed by atoms with van der Waals surface area (Å²) in [6, 6.07) is 46.1. The van der Waals surface area contributed by atoms with Crippen LogP contribution in [0.4, 0.5) is 0 Å². The second-order valence-electron chi connectivity index (χ2n) is 16.0. The molecular formula is C57H74O16. The first-order chi connectivity index (χ1) is 35.3. The zero-order valence-electron chi connectivity index (χ0n) is 42.1. The van der Waals surface area contributed by atoms with Gasteiger partial charge in [0.25, 0.3) is 0 Å². The Bertz CT molecular complexity index is 2170. The quantitative estimate of drug-likeness (QED) is 0.0260. The SMILES string of the molecule is COc1ccc(CCOCC(=O)O)cc1.Cc1ccccc1CCCOCC(=O)O.O=C(O)COCCCCCc1ccccc1.O=C(O)COCCCc1ccccc1.O=C(O)COCCc1ccccc1. The van der Waals surface area contributed by atoms with Crippen LogP contribution < -0.4 is 4.74 Å². The molecule has 5 rings (SSSR count). The van der Waals surface area contributed by atoms with Crippen LogP contribution in [0, 0.1) is 6.92 Å². The van der Waals surface area contributed by atoms with Gasteiger partial charge in [0.15, 0.2) is 0 Å². The minimum absolute atomic E-state index is 0.182. The number of rotatable bonds is 31. The topological polar surface area (TPSA) is 242 Å². The summed E-state index contributed by atoms with van der Waals surface area (Å²) in [6.07, 6.45) is 9.27. The molecule has 0 aliphatic rings. The zero-order valence-corrected chi connectivity index (χ0v) is 42.1. The van der Waals surface area contributed by atoms with Crippen LogP contribution in [0.15, 0.2) is 140 Å². The molecule has 0 amide bonds. The molecule has 0 atom stereocenters. The second kappa shape index (κ2) is 43.8. The summed E-state index contributed by atoms with van der Waals surface area (Å²) in [5.41, 5.74) is 7.45. The van der Waals surface area contributed by atoms with Crippen molar-refractivity contribution in [3.8, 4) is 5.75 Å². The van der Waals surface area contributed by atoms with Crippen molar-refractivity contribution in [3.63, 3.8) is 0 Å². The molecule has 5 aromatic rings. The molecule has 398 valence electrons. The Kier molecular flexibility index (Phi) is 38.4. The van der Waals surface area contributed by atoms with Gasteiger partial charge in [-0.3, -0.25) is 0 Å². The summed E-state index contributed by atoms with van der Waals surface area (Å²) in [5.74, 6) is -3.78. The third-order valence-corrected chi connectivity index (χ3v) is 9.89. The number of aliphatic carboxylic acids is 5. The lowest BCUT2D eigenvalue weighted by Gasteiger charge is -2.05. The maximum atomic E-state index is 10.2. The van der Waals surface area contributed by atoms with E-state index in [0.717, 1.165) is 74.7 Å². The van der Waals surface area contributed by atoms with E-state index in [1.807, 2.05) is 103 Å². The molecule has 0 spiro atoms. The van der Waals surface area contributed by atoms with Crippen LogP contribution in [0.2, 0.25) is 0 Å². The van der Waals surface area contributed by atoms with Crippen LogP contribution in [-0.4, -0.2) is 129 Å². The molecule has 16 heteroatoms. The van der Waals surface area contributed by atoms with Gasteiger partial charge in [-0.1, -0.05) is 134 Å². The third kappa shape index (κ3) is 40.4. The Morgan fingerprint density at radius 1 is 0.342 bits per heavy atom. The van der Waals surface area contributed by atoms with Gasteiger partial charge in [0.1, 0.15) is 38.8 Å². The monoisotopic (exact) mass is 1010 g/mol. The number of carbonyl (C=O) groups is 5. The molecule has 0 bridgehead atoms. The number of hydrogen-bond donors (Lipinski definition) is 5. The van der Waals surface area contributed by atoms with Crippen molar-refractivity contribution in [2.75, 3.05) is 73.2 Å². The molecule has 0 radical (unpaired) electrons. The Morgan fingerprint density at radius 3 is 1.07 bits per heavy atom. The summed E-state index contributed by atoms with van der Waals surface area (Å²) in [4.78, 5) is 50.7. The Hall–Kier alpha value is -6.95. The molecule has 0 aliphatic heterocycles. The average Bonchev–Trinajstić information content (AvgIpc) is 3.38. The molecule has 73 heavy (non-hydrogen) atoms. The molecule has 5 aromatic carbocycles. The zero-order chi connectivity index (χ0) is 53.6. The minimum Gasteiger partial charge on any atom is -0.497 e. The average molecular weight is 1020 g/mol. The van der Waals surface area contributed by atoms with E-state index in [9.17, 15) is 24.0 Å². The van der Waals surface area contributed by atoms with E-state index in [1.54, 1.807) is 7.11 Å². The van der Waals surface area contributed by atoms with E-state index < -0.39 is 29.8 Å². The van der Waals surface area contributed by atoms with E-state index in [-0.39, 0.29) is 33.0 Å². The van der Waals surface area contributed by atoms with Gasteiger partial charge in [-0.25, -0.2) is 24.0 Å². The van der Waals surface area contributed by atoms with E-state index in [2.05, 4.69) is 43.3 Å². The lowest BCUT2D eigenvalue weighted by molar-refractivity contribution is -0.143. The molecule has 0 unspecified atom stereocenters. The number of benzene rings is 5. The molecule has 0 saturated heterocycles. The number of unbranched alkanes of at least 4 members (excludes halogenated alkanes) is 2. The normalized spacial score (nSPS) is 10.1. The highest BCUT2D eigenvalue weighted by Gasteiger charge is 2.02. The maximum absolute atomic E-state index is 10.2. The first-order valence-electron chi connectivity index (χ1n) is 24.1. The molecule has 16 nitrogen and oxygen atoms in total. The van der Waals surface area contributed by atoms with E-state index in [0.29, 0.717) is 39.5 Å². The Labute approximate surface area is 429 Å². The van der Waals surface area contributed by atoms with Gasteiger partial charge >= 0.3 is 29.8 Å². The number of hydrogen-bond acceptors (Lipinski definition) is 11. The van der Waals surface area contributed by atoms with Gasteiger partial charge in [-0.15, -0.1) is 0 Å². The van der Waals surface area contributed by atoms with Crippen molar-refractivity contribution in [3.05, 3.63) is 173 Å². The van der Waals surface area contributed by atoms with Gasteiger partial charge in [0.2, 0.25) is 0 Å². The fourth-order valence-electron chi connectivity index (χ4n) is 6.25. The summed E-state index contributed by atoms with van der Waals surface area (Å²) in [5, 5.41) is 41.6. The number of carboxylic acid groups (broad SMARTS) is 5. The Balaban J connectivity index is 0.000000457. The molecule has 0 fully saturated rings. The predicted octanol–water partition coefficient (Wildman–Crippen LogP) is 8.92. The van der Waals surface area contributed by atoms with Crippen molar-refractivity contribution in [2.45, 2.75) is 71.1 Å².